The molecule has 3 fully saturated rings. The second-order valence-electron chi connectivity index (χ2n) is 11.6. The number of aliphatic hydroxyl groups is 1. The maximum atomic E-state index is 14.8. The molecule has 2 amide bonds. The average molecular weight is 582 g/mol. The SMILES string of the molecule is C=CCOC(=O)[C@@H]1[C@H]2C(=O)N([C@@H](CO)[C@@H](C)CC)C(C(=O)N(CC=C)Cn3nnc4ccccc43)C23CC[C@@]1(C)S3. The molecule has 7 atom stereocenters. The van der Waals surface area contributed by atoms with Crippen molar-refractivity contribution in [2.45, 2.75) is 68.3 Å². The van der Waals surface area contributed by atoms with Crippen LogP contribution in [0.15, 0.2) is 49.6 Å². The van der Waals surface area contributed by atoms with Crippen LogP contribution in [0, 0.1) is 17.8 Å². The van der Waals surface area contributed by atoms with Crippen molar-refractivity contribution < 1.29 is 24.2 Å². The van der Waals surface area contributed by atoms with E-state index in [1.54, 1.807) is 32.3 Å². The Morgan fingerprint density at radius 3 is 2.73 bits per heavy atom. The molecule has 10 nitrogen and oxygen atoms in total. The molecule has 1 spiro atoms. The number of benzene rings is 1. The summed E-state index contributed by atoms with van der Waals surface area (Å²) in [4.78, 5) is 45.9. The van der Waals surface area contributed by atoms with E-state index >= 15 is 0 Å². The van der Waals surface area contributed by atoms with Gasteiger partial charge in [-0.2, -0.15) is 0 Å². The first-order chi connectivity index (χ1) is 19.7. The number of carbonyl (C=O) groups is 3. The number of likely N-dealkylation sites (tertiary alicyclic amines) is 1. The third-order valence-electron chi connectivity index (χ3n) is 9.28. The highest BCUT2D eigenvalue weighted by atomic mass is 32.2. The molecule has 220 valence electrons. The zero-order valence-corrected chi connectivity index (χ0v) is 24.8. The number of aliphatic hydroxyl groups excluding tert-OH is 1. The molecule has 3 aliphatic rings. The molecule has 0 saturated carbocycles. The fourth-order valence-corrected chi connectivity index (χ4v) is 9.46. The normalized spacial score (nSPS) is 29.8. The van der Waals surface area contributed by atoms with Crippen molar-refractivity contribution in [3.05, 3.63) is 49.6 Å². The standard InChI is InChI=1S/C30H39N5O5S/c1-6-15-33(18-34-21-12-10-9-11-20(21)31-32-34)27(38)25-30-14-13-29(5,41-30)24(28(39)40-16-7-2)23(30)26(37)35(25)22(17-36)19(4)8-3/h6-7,9-12,19,22-25,36H,1-2,8,13-18H2,3-5H3/t19-,22-,23-,24-,25?,29+,30?/m0/s1. The number of thioether (sulfide) groups is 1. The number of hydrogen-bond donors (Lipinski definition) is 1. The number of rotatable bonds is 12. The van der Waals surface area contributed by atoms with Gasteiger partial charge in [-0.1, -0.05) is 56.3 Å². The number of esters is 1. The van der Waals surface area contributed by atoms with Crippen molar-refractivity contribution >= 4 is 40.6 Å². The Labute approximate surface area is 244 Å². The predicted molar refractivity (Wildman–Crippen MR) is 156 cm³/mol. The molecule has 2 bridgehead atoms. The van der Waals surface area contributed by atoms with Crippen LogP contribution in [0.2, 0.25) is 0 Å². The summed E-state index contributed by atoms with van der Waals surface area (Å²) >= 11 is 1.58. The molecule has 2 aromatic rings. The summed E-state index contributed by atoms with van der Waals surface area (Å²) in [6.45, 7) is 13.6. The molecule has 5 rings (SSSR count). The third-order valence-corrected chi connectivity index (χ3v) is 11.3. The van der Waals surface area contributed by atoms with Crippen LogP contribution in [-0.4, -0.2) is 89.0 Å². The zero-order chi connectivity index (χ0) is 29.5. The van der Waals surface area contributed by atoms with Gasteiger partial charge < -0.3 is 19.6 Å². The number of amides is 2. The Bertz CT molecular complexity index is 1360. The molecule has 41 heavy (non-hydrogen) atoms. The Hall–Kier alpha value is -3.18. The van der Waals surface area contributed by atoms with Gasteiger partial charge in [-0.15, -0.1) is 23.4 Å². The van der Waals surface area contributed by atoms with Crippen molar-refractivity contribution in [1.29, 1.82) is 0 Å². The van der Waals surface area contributed by atoms with Crippen LogP contribution >= 0.6 is 11.8 Å². The second kappa shape index (κ2) is 11.2. The highest BCUT2D eigenvalue weighted by molar-refractivity contribution is 8.02. The molecule has 0 aliphatic carbocycles. The third kappa shape index (κ3) is 4.57. The lowest BCUT2D eigenvalue weighted by molar-refractivity contribution is -0.155. The summed E-state index contributed by atoms with van der Waals surface area (Å²) in [5, 5.41) is 19.1. The van der Waals surface area contributed by atoms with E-state index in [0.29, 0.717) is 24.8 Å². The van der Waals surface area contributed by atoms with Gasteiger partial charge in [0.05, 0.1) is 34.7 Å². The van der Waals surface area contributed by atoms with E-state index in [1.807, 2.05) is 45.0 Å². The molecule has 1 N–H and O–H groups in total. The molecule has 3 saturated heterocycles. The summed E-state index contributed by atoms with van der Waals surface area (Å²) in [6.07, 6.45) is 5.16. The number of carbonyl (C=O) groups excluding carboxylic acids is 3. The zero-order valence-electron chi connectivity index (χ0n) is 23.9. The van der Waals surface area contributed by atoms with Crippen LogP contribution in [0.3, 0.4) is 0 Å². The van der Waals surface area contributed by atoms with Gasteiger partial charge in [0, 0.05) is 11.3 Å². The molecule has 1 aromatic heterocycles. The molecular formula is C30H39N5O5S. The minimum atomic E-state index is -0.870. The number of nitrogens with zero attached hydrogens (tertiary/aromatic N) is 5. The molecule has 3 aliphatic heterocycles. The van der Waals surface area contributed by atoms with Gasteiger partial charge in [-0.25, -0.2) is 4.68 Å². The van der Waals surface area contributed by atoms with Crippen molar-refractivity contribution in [3.8, 4) is 0 Å². The van der Waals surface area contributed by atoms with Gasteiger partial charge in [-0.3, -0.25) is 14.4 Å². The Morgan fingerprint density at radius 1 is 1.29 bits per heavy atom. The summed E-state index contributed by atoms with van der Waals surface area (Å²) in [5.74, 6) is -2.44. The quantitative estimate of drug-likeness (QED) is 0.300. The number of ether oxygens (including phenoxy) is 1. The minimum absolute atomic E-state index is 0.0567. The second-order valence-corrected chi connectivity index (χ2v) is 13.5. The van der Waals surface area contributed by atoms with E-state index in [0.717, 1.165) is 5.52 Å². The van der Waals surface area contributed by atoms with Gasteiger partial charge in [0.25, 0.3) is 0 Å². The first kappa shape index (κ1) is 29.3. The maximum absolute atomic E-state index is 14.8. The van der Waals surface area contributed by atoms with Gasteiger partial charge in [0.1, 0.15) is 24.8 Å². The summed E-state index contributed by atoms with van der Waals surface area (Å²) in [5.41, 5.74) is 1.50. The van der Waals surface area contributed by atoms with Crippen LogP contribution in [-0.2, 0) is 25.8 Å². The monoisotopic (exact) mass is 581 g/mol. The highest BCUT2D eigenvalue weighted by Gasteiger charge is 2.78. The topological polar surface area (TPSA) is 118 Å². The average Bonchev–Trinajstić information content (AvgIpc) is 3.67. The molecule has 1 aromatic carbocycles. The van der Waals surface area contributed by atoms with Gasteiger partial charge >= 0.3 is 5.97 Å². The smallest absolute Gasteiger partial charge is 0.311 e. The van der Waals surface area contributed by atoms with Crippen LogP contribution in [0.25, 0.3) is 11.0 Å². The van der Waals surface area contributed by atoms with Crippen LogP contribution in [0.1, 0.15) is 40.0 Å². The van der Waals surface area contributed by atoms with Crippen LogP contribution < -0.4 is 0 Å². The molecular weight excluding hydrogens is 542 g/mol. The van der Waals surface area contributed by atoms with E-state index in [4.69, 9.17) is 4.74 Å². The summed E-state index contributed by atoms with van der Waals surface area (Å²) in [7, 11) is 0. The number of aromatic nitrogens is 3. The lowest BCUT2D eigenvalue weighted by Crippen LogP contribution is -2.58. The fraction of sp³-hybridized carbons (Fsp3) is 0.567. The van der Waals surface area contributed by atoms with Crippen LogP contribution in [0.4, 0.5) is 0 Å². The van der Waals surface area contributed by atoms with E-state index in [9.17, 15) is 19.5 Å². The van der Waals surface area contributed by atoms with Gasteiger partial charge in [0.15, 0.2) is 0 Å². The minimum Gasteiger partial charge on any atom is -0.461 e. The van der Waals surface area contributed by atoms with E-state index in [-0.39, 0.29) is 44.2 Å². The van der Waals surface area contributed by atoms with E-state index in [2.05, 4.69) is 23.5 Å². The van der Waals surface area contributed by atoms with Crippen molar-refractivity contribution in [2.24, 2.45) is 17.8 Å². The lowest BCUT2D eigenvalue weighted by atomic mass is 9.66. The fourth-order valence-electron chi connectivity index (χ4n) is 7.13. The summed E-state index contributed by atoms with van der Waals surface area (Å²) in [6, 6.07) is 6.08. The molecule has 0 radical (unpaired) electrons. The highest BCUT2D eigenvalue weighted by Crippen LogP contribution is 2.72. The van der Waals surface area contributed by atoms with Gasteiger partial charge in [-0.05, 0) is 37.8 Å². The molecule has 2 unspecified atom stereocenters. The Morgan fingerprint density at radius 2 is 2.05 bits per heavy atom. The Kier molecular flexibility index (Phi) is 8.04. The lowest BCUT2D eigenvalue weighted by Gasteiger charge is -2.41. The largest absolute Gasteiger partial charge is 0.461 e. The van der Waals surface area contributed by atoms with E-state index in [1.165, 1.54) is 6.08 Å². The number of fused-ring (bicyclic) bond motifs is 2. The van der Waals surface area contributed by atoms with Gasteiger partial charge in [0.2, 0.25) is 11.8 Å². The maximum Gasteiger partial charge on any atom is 0.311 e. The number of hydrogen-bond acceptors (Lipinski definition) is 8. The van der Waals surface area contributed by atoms with Crippen LogP contribution in [0.5, 0.6) is 0 Å². The molecule has 11 heteroatoms. The number of para-hydroxylation sites is 1. The predicted octanol–water partition coefficient (Wildman–Crippen LogP) is 3.02. The first-order valence-corrected chi connectivity index (χ1v) is 15.1. The molecule has 4 heterocycles. The van der Waals surface area contributed by atoms with E-state index < -0.39 is 39.4 Å². The first-order valence-electron chi connectivity index (χ1n) is 14.3. The van der Waals surface area contributed by atoms with Crippen molar-refractivity contribution in [1.82, 2.24) is 24.8 Å². The summed E-state index contributed by atoms with van der Waals surface area (Å²) < 4.78 is 5.81. The van der Waals surface area contributed by atoms with Crippen molar-refractivity contribution in [3.63, 3.8) is 0 Å². The van der Waals surface area contributed by atoms with Crippen molar-refractivity contribution in [2.75, 3.05) is 19.8 Å². The Balaban J connectivity index is 1.59.